The molecule has 0 radical (unpaired) electrons. The number of rotatable bonds is 8. The van der Waals surface area contributed by atoms with Gasteiger partial charge in [-0.2, -0.15) is 17.4 Å². The summed E-state index contributed by atoms with van der Waals surface area (Å²) in [5.74, 6) is -1.87. The highest BCUT2D eigenvalue weighted by molar-refractivity contribution is 7.87. The Bertz CT molecular complexity index is 714. The number of hydrogen-bond acceptors (Lipinski definition) is 5. The van der Waals surface area contributed by atoms with Gasteiger partial charge in [0.2, 0.25) is 0 Å². The zero-order valence-corrected chi connectivity index (χ0v) is 15.4. The van der Waals surface area contributed by atoms with Crippen LogP contribution in [0.4, 0.5) is 0 Å². The van der Waals surface area contributed by atoms with E-state index in [0.717, 1.165) is 5.56 Å². The molecule has 2 N–H and O–H groups in total. The second kappa shape index (κ2) is 9.11. The molecule has 0 spiro atoms. The summed E-state index contributed by atoms with van der Waals surface area (Å²) >= 11 is 0. The van der Waals surface area contributed by atoms with Crippen LogP contribution in [0.1, 0.15) is 25.3 Å². The van der Waals surface area contributed by atoms with E-state index in [0.29, 0.717) is 19.4 Å². The maximum Gasteiger partial charge on any atom is 0.322 e. The molecule has 0 amide bonds. The summed E-state index contributed by atoms with van der Waals surface area (Å²) in [6.45, 7) is 2.31. The number of ether oxygens (including phenoxy) is 1. The fourth-order valence-corrected chi connectivity index (χ4v) is 4.26. The Morgan fingerprint density at radius 3 is 2.42 bits per heavy atom. The Morgan fingerprint density at radius 2 is 1.88 bits per heavy atom. The Kier molecular flexibility index (Phi) is 7.13. The number of nitrogens with zero attached hydrogens (tertiary/aromatic N) is 1. The summed E-state index contributed by atoms with van der Waals surface area (Å²) in [7, 11) is -3.96. The summed E-state index contributed by atoms with van der Waals surface area (Å²) < 4.78 is 33.5. The lowest BCUT2D eigenvalue weighted by Gasteiger charge is -2.31. The zero-order valence-electron chi connectivity index (χ0n) is 14.6. The van der Waals surface area contributed by atoms with E-state index in [1.54, 1.807) is 37.3 Å². The smallest absolute Gasteiger partial charge is 0.322 e. The van der Waals surface area contributed by atoms with Crippen molar-refractivity contribution in [3.8, 4) is 0 Å². The second-order valence-corrected chi connectivity index (χ2v) is 7.83. The molecule has 2 rings (SSSR count). The molecule has 0 aliphatic carbocycles. The molecule has 1 fully saturated rings. The van der Waals surface area contributed by atoms with Crippen LogP contribution >= 0.6 is 0 Å². The lowest BCUT2D eigenvalue weighted by Crippen LogP contribution is -2.51. The van der Waals surface area contributed by atoms with Crippen LogP contribution in [0.5, 0.6) is 0 Å². The number of carbonyl (C=O) groups is 2. The molecule has 0 bridgehead atoms. The van der Waals surface area contributed by atoms with Crippen LogP contribution in [0.3, 0.4) is 0 Å². The number of esters is 1. The first kappa shape index (κ1) is 20.3. The highest BCUT2D eigenvalue weighted by Crippen LogP contribution is 2.20. The van der Waals surface area contributed by atoms with Gasteiger partial charge in [-0.1, -0.05) is 30.3 Å². The fraction of sp³-hybridized carbons (Fsp3) is 0.529. The van der Waals surface area contributed by atoms with E-state index < -0.39 is 22.2 Å². The van der Waals surface area contributed by atoms with Crippen LogP contribution in [-0.2, 0) is 31.0 Å². The minimum absolute atomic E-state index is 0.0503. The minimum Gasteiger partial charge on any atom is -0.480 e. The minimum atomic E-state index is -3.96. The first-order chi connectivity index (χ1) is 12.3. The Labute approximate surface area is 153 Å². The summed E-state index contributed by atoms with van der Waals surface area (Å²) in [4.78, 5) is 23.2. The number of nitrogens with one attached hydrogen (secondary N) is 1. The van der Waals surface area contributed by atoms with Crippen molar-refractivity contribution in [1.29, 1.82) is 0 Å². The van der Waals surface area contributed by atoms with Crippen LogP contribution in [-0.4, -0.2) is 55.5 Å². The van der Waals surface area contributed by atoms with Gasteiger partial charge in [-0.25, -0.2) is 0 Å². The third-order valence-corrected chi connectivity index (χ3v) is 5.91. The quantitative estimate of drug-likeness (QED) is 0.641. The Morgan fingerprint density at radius 1 is 1.27 bits per heavy atom. The van der Waals surface area contributed by atoms with Gasteiger partial charge in [0.05, 0.1) is 12.5 Å². The highest BCUT2D eigenvalue weighted by Gasteiger charge is 2.34. The van der Waals surface area contributed by atoms with Gasteiger partial charge in [0.1, 0.15) is 6.04 Å². The topological polar surface area (TPSA) is 113 Å². The van der Waals surface area contributed by atoms with Gasteiger partial charge >= 0.3 is 11.9 Å². The third kappa shape index (κ3) is 5.52. The van der Waals surface area contributed by atoms with Crippen LogP contribution in [0.15, 0.2) is 30.3 Å². The SMILES string of the molecule is CCOC(=O)C1CCN(S(=O)(=O)N[C@@H](Cc2ccccc2)C(=O)O)CC1. The van der Waals surface area contributed by atoms with Gasteiger partial charge in [-0.05, 0) is 31.7 Å². The molecule has 0 saturated carbocycles. The monoisotopic (exact) mass is 384 g/mol. The Balaban J connectivity index is 1.98. The fourth-order valence-electron chi connectivity index (χ4n) is 2.88. The van der Waals surface area contributed by atoms with E-state index in [4.69, 9.17) is 4.74 Å². The Hall–Kier alpha value is -1.97. The summed E-state index contributed by atoms with van der Waals surface area (Å²) in [5.41, 5.74) is 0.726. The zero-order chi connectivity index (χ0) is 19.2. The number of carbonyl (C=O) groups excluding carboxylic acids is 1. The molecule has 8 nitrogen and oxygen atoms in total. The molecule has 1 heterocycles. The van der Waals surface area contributed by atoms with Gasteiger partial charge in [-0.15, -0.1) is 0 Å². The average molecular weight is 384 g/mol. The van der Waals surface area contributed by atoms with Crippen molar-refractivity contribution in [1.82, 2.24) is 9.03 Å². The van der Waals surface area contributed by atoms with Crippen LogP contribution in [0, 0.1) is 5.92 Å². The molecular weight excluding hydrogens is 360 g/mol. The predicted octanol–water partition coefficient (Wildman–Crippen LogP) is 0.792. The molecule has 144 valence electrons. The number of carboxylic acid groups (broad SMARTS) is 1. The van der Waals surface area contributed by atoms with Crippen LogP contribution in [0.25, 0.3) is 0 Å². The second-order valence-electron chi connectivity index (χ2n) is 6.13. The molecule has 1 atom stereocenters. The lowest BCUT2D eigenvalue weighted by atomic mass is 9.98. The molecule has 1 aromatic rings. The summed E-state index contributed by atoms with van der Waals surface area (Å²) in [5, 5.41) is 9.36. The molecule has 1 aliphatic rings. The van der Waals surface area contributed by atoms with E-state index >= 15 is 0 Å². The van der Waals surface area contributed by atoms with Crippen molar-refractivity contribution in [2.24, 2.45) is 5.92 Å². The first-order valence-corrected chi connectivity index (χ1v) is 9.98. The van der Waals surface area contributed by atoms with E-state index in [9.17, 15) is 23.1 Å². The molecule has 9 heteroatoms. The number of aliphatic carboxylic acids is 1. The van der Waals surface area contributed by atoms with Crippen LogP contribution < -0.4 is 4.72 Å². The highest BCUT2D eigenvalue weighted by atomic mass is 32.2. The van der Waals surface area contributed by atoms with E-state index in [1.807, 2.05) is 0 Å². The average Bonchev–Trinajstić information content (AvgIpc) is 2.62. The van der Waals surface area contributed by atoms with Gasteiger partial charge in [0.15, 0.2) is 0 Å². The van der Waals surface area contributed by atoms with Crippen molar-refractivity contribution < 1.29 is 27.9 Å². The number of hydrogen-bond donors (Lipinski definition) is 2. The summed E-state index contributed by atoms with van der Waals surface area (Å²) in [6.07, 6.45) is 0.765. The van der Waals surface area contributed by atoms with Crippen molar-refractivity contribution >= 4 is 22.1 Å². The summed E-state index contributed by atoms with van der Waals surface area (Å²) in [6, 6.07) is 7.57. The predicted molar refractivity (Wildman–Crippen MR) is 94.6 cm³/mol. The molecule has 1 saturated heterocycles. The van der Waals surface area contributed by atoms with Crippen molar-refractivity contribution in [2.45, 2.75) is 32.2 Å². The maximum atomic E-state index is 12.5. The van der Waals surface area contributed by atoms with Crippen molar-refractivity contribution in [3.63, 3.8) is 0 Å². The van der Waals surface area contributed by atoms with E-state index in [-0.39, 0.29) is 31.4 Å². The van der Waals surface area contributed by atoms with Gasteiger partial charge in [0, 0.05) is 13.1 Å². The largest absolute Gasteiger partial charge is 0.480 e. The van der Waals surface area contributed by atoms with Gasteiger partial charge in [-0.3, -0.25) is 9.59 Å². The van der Waals surface area contributed by atoms with Crippen molar-refractivity contribution in [3.05, 3.63) is 35.9 Å². The number of carboxylic acids is 1. The number of piperidine rings is 1. The molecular formula is C17H24N2O6S. The van der Waals surface area contributed by atoms with E-state index in [1.165, 1.54) is 4.31 Å². The molecule has 26 heavy (non-hydrogen) atoms. The molecule has 1 aliphatic heterocycles. The van der Waals surface area contributed by atoms with Crippen LogP contribution in [0.2, 0.25) is 0 Å². The number of benzene rings is 1. The molecule has 0 aromatic heterocycles. The van der Waals surface area contributed by atoms with Crippen molar-refractivity contribution in [2.75, 3.05) is 19.7 Å². The van der Waals surface area contributed by atoms with Gasteiger partial charge in [0.25, 0.3) is 10.2 Å². The molecule has 0 unspecified atom stereocenters. The third-order valence-electron chi connectivity index (χ3n) is 4.29. The maximum absolute atomic E-state index is 12.5. The lowest BCUT2D eigenvalue weighted by molar-refractivity contribution is -0.149. The normalized spacial score (nSPS) is 17.6. The van der Waals surface area contributed by atoms with E-state index in [2.05, 4.69) is 4.72 Å². The molecule has 1 aromatic carbocycles. The first-order valence-electron chi connectivity index (χ1n) is 8.54. The standard InChI is InChI=1S/C17H24N2O6S/c1-2-25-17(22)14-8-10-19(11-9-14)26(23,24)18-15(16(20)21)12-13-6-4-3-5-7-13/h3-7,14-15,18H,2,8-12H2,1H3,(H,20,21)/t15-/m0/s1. The van der Waals surface area contributed by atoms with Gasteiger partial charge < -0.3 is 9.84 Å².